The Bertz CT molecular complexity index is 680. The van der Waals surface area contributed by atoms with Gasteiger partial charge in [0, 0.05) is 31.7 Å². The van der Waals surface area contributed by atoms with Crippen LogP contribution in [0.1, 0.15) is 30.1 Å². The normalized spacial score (nSPS) is 21.7. The number of fused-ring (bicyclic) bond motifs is 1. The number of nitrogens with one attached hydrogen (secondary N) is 3. The minimum Gasteiger partial charge on any atom is -0.384 e. The van der Waals surface area contributed by atoms with E-state index in [0.717, 1.165) is 31.6 Å². The fourth-order valence-electron chi connectivity index (χ4n) is 3.71. The molecule has 7 nitrogen and oxygen atoms in total. The Morgan fingerprint density at radius 2 is 2.12 bits per heavy atom. The van der Waals surface area contributed by atoms with Gasteiger partial charge < -0.3 is 25.6 Å². The number of carbonyl (C=O) groups excluding carboxylic acids is 2. The molecule has 1 atom stereocenters. The van der Waals surface area contributed by atoms with E-state index in [-0.39, 0.29) is 23.3 Å². The standard InChI is InChI=1S/C19H28N4O3/c1-13-17(24)22-15-10-14(4-5-16(15)23(13)2)18(25)21-11-19(12-26-3)6-8-20-9-7-19/h4-5,10,13,20H,6-9,11-12H2,1-3H3,(H,21,25)(H,22,24). The third-order valence-corrected chi connectivity index (χ3v) is 5.60. The minimum atomic E-state index is -0.226. The Morgan fingerprint density at radius 1 is 1.38 bits per heavy atom. The molecule has 26 heavy (non-hydrogen) atoms. The fraction of sp³-hybridized carbons (Fsp3) is 0.579. The summed E-state index contributed by atoms with van der Waals surface area (Å²) in [6.45, 7) is 4.95. The molecule has 2 amide bonds. The molecular weight excluding hydrogens is 332 g/mol. The molecule has 0 radical (unpaired) electrons. The number of anilines is 2. The third-order valence-electron chi connectivity index (χ3n) is 5.60. The van der Waals surface area contributed by atoms with Gasteiger partial charge in [-0.05, 0) is 51.1 Å². The van der Waals surface area contributed by atoms with Gasteiger partial charge in [-0.3, -0.25) is 9.59 Å². The lowest BCUT2D eigenvalue weighted by Gasteiger charge is -2.37. The van der Waals surface area contributed by atoms with E-state index in [1.54, 1.807) is 19.2 Å². The quantitative estimate of drug-likeness (QED) is 0.735. The van der Waals surface area contributed by atoms with Crippen molar-refractivity contribution < 1.29 is 14.3 Å². The number of benzene rings is 1. The van der Waals surface area contributed by atoms with E-state index in [1.807, 2.05) is 24.9 Å². The molecule has 0 aliphatic carbocycles. The van der Waals surface area contributed by atoms with E-state index in [0.29, 0.717) is 24.4 Å². The summed E-state index contributed by atoms with van der Waals surface area (Å²) in [7, 11) is 3.59. The van der Waals surface area contributed by atoms with Crippen LogP contribution in [0.3, 0.4) is 0 Å². The summed E-state index contributed by atoms with van der Waals surface area (Å²) >= 11 is 0. The molecule has 2 heterocycles. The van der Waals surface area contributed by atoms with Crippen molar-refractivity contribution in [3.8, 4) is 0 Å². The maximum Gasteiger partial charge on any atom is 0.251 e. The summed E-state index contributed by atoms with van der Waals surface area (Å²) in [6.07, 6.45) is 1.95. The molecule has 1 aromatic carbocycles. The second-order valence-electron chi connectivity index (χ2n) is 7.37. The summed E-state index contributed by atoms with van der Waals surface area (Å²) in [5.74, 6) is -0.191. The van der Waals surface area contributed by atoms with Gasteiger partial charge in [-0.15, -0.1) is 0 Å². The summed E-state index contributed by atoms with van der Waals surface area (Å²) in [5, 5.41) is 9.29. The number of hydrogen-bond donors (Lipinski definition) is 3. The van der Waals surface area contributed by atoms with Crippen LogP contribution in [0.4, 0.5) is 11.4 Å². The molecule has 7 heteroatoms. The summed E-state index contributed by atoms with van der Waals surface area (Å²) < 4.78 is 5.40. The van der Waals surface area contributed by atoms with Gasteiger partial charge in [-0.1, -0.05) is 0 Å². The van der Waals surface area contributed by atoms with Crippen molar-refractivity contribution >= 4 is 23.2 Å². The zero-order valence-corrected chi connectivity index (χ0v) is 15.7. The maximum atomic E-state index is 12.7. The molecule has 2 aliphatic rings. The van der Waals surface area contributed by atoms with E-state index >= 15 is 0 Å². The molecule has 2 aliphatic heterocycles. The van der Waals surface area contributed by atoms with Gasteiger partial charge in [0.25, 0.3) is 5.91 Å². The van der Waals surface area contributed by atoms with Crippen LogP contribution >= 0.6 is 0 Å². The number of piperidine rings is 1. The molecule has 1 fully saturated rings. The van der Waals surface area contributed by atoms with Crippen LogP contribution in [0.15, 0.2) is 18.2 Å². The third kappa shape index (κ3) is 3.68. The summed E-state index contributed by atoms with van der Waals surface area (Å²) in [5.41, 5.74) is 2.13. The molecule has 3 rings (SSSR count). The first-order valence-electron chi connectivity index (χ1n) is 9.11. The van der Waals surface area contributed by atoms with Crippen LogP contribution in [-0.4, -0.2) is 58.3 Å². The van der Waals surface area contributed by atoms with Gasteiger partial charge in [-0.2, -0.15) is 0 Å². The van der Waals surface area contributed by atoms with E-state index in [1.165, 1.54) is 0 Å². The van der Waals surface area contributed by atoms with Gasteiger partial charge in [0.1, 0.15) is 6.04 Å². The number of hydrogen-bond acceptors (Lipinski definition) is 5. The highest BCUT2D eigenvalue weighted by Gasteiger charge is 2.33. The van der Waals surface area contributed by atoms with Crippen LogP contribution in [0.2, 0.25) is 0 Å². The Balaban J connectivity index is 1.70. The predicted octanol–water partition coefficient (Wildman–Crippen LogP) is 1.21. The first-order chi connectivity index (χ1) is 12.5. The summed E-state index contributed by atoms with van der Waals surface area (Å²) in [4.78, 5) is 26.6. The van der Waals surface area contributed by atoms with Crippen molar-refractivity contribution in [2.45, 2.75) is 25.8 Å². The minimum absolute atomic E-state index is 0.0201. The first-order valence-corrected chi connectivity index (χ1v) is 9.11. The number of nitrogens with zero attached hydrogens (tertiary/aromatic N) is 1. The van der Waals surface area contributed by atoms with Crippen molar-refractivity contribution in [2.24, 2.45) is 5.41 Å². The number of methoxy groups -OCH3 is 1. The van der Waals surface area contributed by atoms with Gasteiger partial charge in [-0.25, -0.2) is 0 Å². The number of ether oxygens (including phenoxy) is 1. The largest absolute Gasteiger partial charge is 0.384 e. The van der Waals surface area contributed by atoms with Crippen molar-refractivity contribution in [2.75, 3.05) is 50.6 Å². The highest BCUT2D eigenvalue weighted by Crippen LogP contribution is 2.32. The van der Waals surface area contributed by atoms with Gasteiger partial charge in [0.2, 0.25) is 5.91 Å². The number of rotatable bonds is 5. The average Bonchev–Trinajstić information content (AvgIpc) is 2.65. The molecule has 0 saturated carbocycles. The molecule has 1 unspecified atom stereocenters. The molecule has 142 valence electrons. The van der Waals surface area contributed by atoms with E-state index in [4.69, 9.17) is 4.74 Å². The van der Waals surface area contributed by atoms with Crippen molar-refractivity contribution in [3.63, 3.8) is 0 Å². The lowest BCUT2D eigenvalue weighted by Crippen LogP contribution is -2.47. The van der Waals surface area contributed by atoms with Crippen molar-refractivity contribution in [1.29, 1.82) is 0 Å². The van der Waals surface area contributed by atoms with E-state index in [9.17, 15) is 9.59 Å². The average molecular weight is 360 g/mol. The highest BCUT2D eigenvalue weighted by molar-refractivity contribution is 6.05. The highest BCUT2D eigenvalue weighted by atomic mass is 16.5. The van der Waals surface area contributed by atoms with Crippen LogP contribution < -0.4 is 20.9 Å². The van der Waals surface area contributed by atoms with Gasteiger partial charge >= 0.3 is 0 Å². The number of carbonyl (C=O) groups is 2. The SMILES string of the molecule is COCC1(CNC(=O)c2ccc3c(c2)NC(=O)C(C)N3C)CCNCC1. The smallest absolute Gasteiger partial charge is 0.251 e. The maximum absolute atomic E-state index is 12.7. The molecule has 0 bridgehead atoms. The van der Waals surface area contributed by atoms with Crippen LogP contribution in [-0.2, 0) is 9.53 Å². The monoisotopic (exact) mass is 360 g/mol. The van der Waals surface area contributed by atoms with Crippen LogP contribution in [0.5, 0.6) is 0 Å². The molecule has 0 aromatic heterocycles. The summed E-state index contributed by atoms with van der Waals surface area (Å²) in [6, 6.07) is 5.21. The molecular formula is C19H28N4O3. The van der Waals surface area contributed by atoms with E-state index in [2.05, 4.69) is 16.0 Å². The van der Waals surface area contributed by atoms with Crippen LogP contribution in [0.25, 0.3) is 0 Å². The van der Waals surface area contributed by atoms with Crippen LogP contribution in [0, 0.1) is 5.41 Å². The van der Waals surface area contributed by atoms with Crippen molar-refractivity contribution in [3.05, 3.63) is 23.8 Å². The lowest BCUT2D eigenvalue weighted by molar-refractivity contribution is -0.117. The predicted molar refractivity (Wildman–Crippen MR) is 102 cm³/mol. The van der Waals surface area contributed by atoms with Crippen molar-refractivity contribution in [1.82, 2.24) is 10.6 Å². The van der Waals surface area contributed by atoms with E-state index < -0.39 is 0 Å². The zero-order chi connectivity index (χ0) is 18.7. The fourth-order valence-corrected chi connectivity index (χ4v) is 3.71. The Hall–Kier alpha value is -2.12. The second-order valence-corrected chi connectivity index (χ2v) is 7.37. The second kappa shape index (κ2) is 7.63. The molecule has 0 spiro atoms. The molecule has 1 aromatic rings. The van der Waals surface area contributed by atoms with Gasteiger partial charge in [0.05, 0.1) is 18.0 Å². The molecule has 1 saturated heterocycles. The Kier molecular flexibility index (Phi) is 5.48. The molecule has 3 N–H and O–H groups in total. The zero-order valence-electron chi connectivity index (χ0n) is 15.7. The Labute approximate surface area is 154 Å². The van der Waals surface area contributed by atoms with Gasteiger partial charge in [0.15, 0.2) is 0 Å². The first kappa shape index (κ1) is 18.7. The number of amides is 2. The topological polar surface area (TPSA) is 82.7 Å². The number of likely N-dealkylation sites (N-methyl/N-ethyl adjacent to an activating group) is 1. The Morgan fingerprint density at radius 3 is 2.81 bits per heavy atom. The lowest BCUT2D eigenvalue weighted by atomic mass is 9.79.